The summed E-state index contributed by atoms with van der Waals surface area (Å²) < 4.78 is 5.41. The van der Waals surface area contributed by atoms with Gasteiger partial charge in [0.1, 0.15) is 5.75 Å². The fourth-order valence-electron chi connectivity index (χ4n) is 2.82. The van der Waals surface area contributed by atoms with Crippen LogP contribution in [-0.2, 0) is 0 Å². The Balaban J connectivity index is 1.56. The van der Waals surface area contributed by atoms with Crippen molar-refractivity contribution in [3.63, 3.8) is 0 Å². The third kappa shape index (κ3) is 5.81. The Morgan fingerprint density at radius 1 is 0.800 bits per heavy atom. The van der Waals surface area contributed by atoms with E-state index in [1.54, 1.807) is 12.1 Å². The Morgan fingerprint density at radius 2 is 1.37 bits per heavy atom. The van der Waals surface area contributed by atoms with Crippen LogP contribution in [0.4, 0.5) is 17.1 Å². The predicted octanol–water partition coefficient (Wildman–Crippen LogP) is 5.76. The predicted molar refractivity (Wildman–Crippen MR) is 128 cm³/mol. The van der Waals surface area contributed by atoms with Gasteiger partial charge in [-0.3, -0.25) is 4.79 Å². The Kier molecular flexibility index (Phi) is 7.03. The van der Waals surface area contributed by atoms with Crippen molar-refractivity contribution in [2.75, 3.05) is 22.6 Å². The molecule has 6 heteroatoms. The van der Waals surface area contributed by atoms with Crippen LogP contribution in [0.2, 0.25) is 0 Å². The molecule has 5 nitrogen and oxygen atoms in total. The van der Waals surface area contributed by atoms with E-state index in [9.17, 15) is 4.79 Å². The lowest BCUT2D eigenvalue weighted by Crippen LogP contribution is -2.19. The number of rotatable bonds is 6. The molecule has 0 aliphatic carbocycles. The van der Waals surface area contributed by atoms with Gasteiger partial charge < -0.3 is 20.7 Å². The second-order valence-corrected chi connectivity index (χ2v) is 7.28. The van der Waals surface area contributed by atoms with Crippen molar-refractivity contribution in [2.24, 2.45) is 0 Å². The molecule has 0 aromatic heterocycles. The van der Waals surface area contributed by atoms with Crippen molar-refractivity contribution >= 4 is 40.3 Å². The molecular weight excluding hydrogens is 394 g/mol. The van der Waals surface area contributed by atoms with E-state index in [1.165, 1.54) is 11.1 Å². The number of hydrogen-bond donors (Lipinski definition) is 3. The molecule has 0 spiro atoms. The lowest BCUT2D eigenvalue weighted by atomic mass is 10.1. The first-order chi connectivity index (χ1) is 14.4. The van der Waals surface area contributed by atoms with Crippen LogP contribution in [0.5, 0.6) is 5.75 Å². The lowest BCUT2D eigenvalue weighted by molar-refractivity contribution is 0.102. The molecule has 30 heavy (non-hydrogen) atoms. The van der Waals surface area contributed by atoms with Crippen LogP contribution in [0.3, 0.4) is 0 Å². The Bertz CT molecular complexity index is 1030. The summed E-state index contributed by atoms with van der Waals surface area (Å²) in [5, 5.41) is 9.67. The average molecular weight is 420 g/mol. The highest BCUT2D eigenvalue weighted by Crippen LogP contribution is 2.18. The summed E-state index contributed by atoms with van der Waals surface area (Å²) in [5.41, 5.74) is 5.44. The van der Waals surface area contributed by atoms with Crippen LogP contribution in [0.15, 0.2) is 66.7 Å². The molecule has 3 N–H and O–H groups in total. The maximum atomic E-state index is 12.5. The minimum absolute atomic E-state index is 0.179. The van der Waals surface area contributed by atoms with E-state index >= 15 is 0 Å². The highest BCUT2D eigenvalue weighted by atomic mass is 32.1. The fraction of sp³-hybridized carbons (Fsp3) is 0.167. The van der Waals surface area contributed by atoms with Gasteiger partial charge in [0.2, 0.25) is 0 Å². The first-order valence-electron chi connectivity index (χ1n) is 9.74. The zero-order valence-electron chi connectivity index (χ0n) is 17.3. The second-order valence-electron chi connectivity index (χ2n) is 6.87. The fourth-order valence-corrected chi connectivity index (χ4v) is 3.06. The SMILES string of the molecule is CCOc1ccc(NC(=O)c2ccc(NC(=S)Nc3ccc(C)c(C)c3)cc2)cc1. The molecule has 0 unspecified atom stereocenters. The number of amides is 1. The molecule has 0 heterocycles. The van der Waals surface area contributed by atoms with Crippen molar-refractivity contribution in [3.8, 4) is 5.75 Å². The first-order valence-corrected chi connectivity index (χ1v) is 10.1. The molecular formula is C24H25N3O2S. The normalized spacial score (nSPS) is 10.2. The van der Waals surface area contributed by atoms with Crippen molar-refractivity contribution in [2.45, 2.75) is 20.8 Å². The lowest BCUT2D eigenvalue weighted by Gasteiger charge is -2.12. The molecule has 3 aromatic rings. The van der Waals surface area contributed by atoms with E-state index in [4.69, 9.17) is 17.0 Å². The maximum Gasteiger partial charge on any atom is 0.255 e. The number of ether oxygens (including phenoxy) is 1. The van der Waals surface area contributed by atoms with Gasteiger partial charge in [-0.25, -0.2) is 0 Å². The van der Waals surface area contributed by atoms with E-state index in [0.717, 1.165) is 17.1 Å². The van der Waals surface area contributed by atoms with Gasteiger partial charge in [0.15, 0.2) is 5.11 Å². The van der Waals surface area contributed by atoms with E-state index in [0.29, 0.717) is 23.0 Å². The zero-order valence-corrected chi connectivity index (χ0v) is 18.1. The third-order valence-corrected chi connectivity index (χ3v) is 4.80. The van der Waals surface area contributed by atoms with E-state index in [-0.39, 0.29) is 5.91 Å². The molecule has 154 valence electrons. The monoisotopic (exact) mass is 419 g/mol. The maximum absolute atomic E-state index is 12.5. The van der Waals surface area contributed by atoms with Crippen molar-refractivity contribution in [3.05, 3.63) is 83.4 Å². The van der Waals surface area contributed by atoms with Crippen LogP contribution in [-0.4, -0.2) is 17.6 Å². The zero-order chi connectivity index (χ0) is 21.5. The van der Waals surface area contributed by atoms with Gasteiger partial charge in [-0.2, -0.15) is 0 Å². The molecule has 0 fully saturated rings. The Morgan fingerprint density at radius 3 is 2.00 bits per heavy atom. The van der Waals surface area contributed by atoms with Crippen LogP contribution < -0.4 is 20.7 Å². The number of anilines is 3. The average Bonchev–Trinajstić information content (AvgIpc) is 2.73. The third-order valence-electron chi connectivity index (χ3n) is 4.59. The number of benzene rings is 3. The Labute approximate surface area is 182 Å². The van der Waals surface area contributed by atoms with Crippen LogP contribution >= 0.6 is 12.2 Å². The molecule has 1 amide bonds. The molecule has 0 atom stereocenters. The summed E-state index contributed by atoms with van der Waals surface area (Å²) in [6.45, 7) is 6.67. The molecule has 0 saturated carbocycles. The van der Waals surface area contributed by atoms with Gasteiger partial charge in [0, 0.05) is 22.6 Å². The van der Waals surface area contributed by atoms with Gasteiger partial charge in [-0.1, -0.05) is 6.07 Å². The summed E-state index contributed by atoms with van der Waals surface area (Å²) in [5.74, 6) is 0.595. The van der Waals surface area contributed by atoms with Gasteiger partial charge in [-0.15, -0.1) is 0 Å². The number of carbonyl (C=O) groups excluding carboxylic acids is 1. The quantitative estimate of drug-likeness (QED) is 0.443. The van der Waals surface area contributed by atoms with Crippen LogP contribution in [0, 0.1) is 13.8 Å². The van der Waals surface area contributed by atoms with Crippen molar-refractivity contribution < 1.29 is 9.53 Å². The highest BCUT2D eigenvalue weighted by molar-refractivity contribution is 7.80. The molecule has 0 aliphatic rings. The molecule has 3 aromatic carbocycles. The number of carbonyl (C=O) groups is 1. The smallest absolute Gasteiger partial charge is 0.255 e. The molecule has 0 radical (unpaired) electrons. The Hall–Kier alpha value is -3.38. The van der Waals surface area contributed by atoms with Crippen LogP contribution in [0.1, 0.15) is 28.4 Å². The topological polar surface area (TPSA) is 62.4 Å². The number of hydrogen-bond acceptors (Lipinski definition) is 3. The van der Waals surface area contributed by atoms with Gasteiger partial charge in [0.25, 0.3) is 5.91 Å². The molecule has 0 bridgehead atoms. The van der Waals surface area contributed by atoms with E-state index in [1.807, 2.05) is 49.4 Å². The van der Waals surface area contributed by atoms with Crippen molar-refractivity contribution in [1.29, 1.82) is 0 Å². The summed E-state index contributed by atoms with van der Waals surface area (Å²) in [6.07, 6.45) is 0. The largest absolute Gasteiger partial charge is 0.494 e. The van der Waals surface area contributed by atoms with Gasteiger partial charge in [0.05, 0.1) is 6.61 Å². The highest BCUT2D eigenvalue weighted by Gasteiger charge is 2.07. The van der Waals surface area contributed by atoms with Crippen molar-refractivity contribution in [1.82, 2.24) is 0 Å². The number of aryl methyl sites for hydroxylation is 2. The van der Waals surface area contributed by atoms with Crippen LogP contribution in [0.25, 0.3) is 0 Å². The van der Waals surface area contributed by atoms with E-state index < -0.39 is 0 Å². The van der Waals surface area contributed by atoms with Gasteiger partial charge in [-0.05, 0) is 105 Å². The number of thiocarbonyl (C=S) groups is 1. The first kappa shape index (κ1) is 21.3. The minimum atomic E-state index is -0.179. The summed E-state index contributed by atoms with van der Waals surface area (Å²) in [4.78, 5) is 12.5. The summed E-state index contributed by atoms with van der Waals surface area (Å²) >= 11 is 5.38. The summed E-state index contributed by atoms with van der Waals surface area (Å²) in [7, 11) is 0. The molecule has 3 rings (SSSR count). The second kappa shape index (κ2) is 9.89. The van der Waals surface area contributed by atoms with Gasteiger partial charge >= 0.3 is 0 Å². The van der Waals surface area contributed by atoms with E-state index in [2.05, 4.69) is 41.9 Å². The standard InChI is InChI=1S/C24H25N3O2S/c1-4-29-22-13-11-19(12-14-22)25-23(28)18-6-9-20(10-7-18)26-24(30)27-21-8-5-16(2)17(3)15-21/h5-15H,4H2,1-3H3,(H,25,28)(H2,26,27,30). The number of nitrogens with one attached hydrogen (secondary N) is 3. The molecule has 0 aliphatic heterocycles. The summed E-state index contributed by atoms with van der Waals surface area (Å²) in [6, 6.07) is 20.5. The molecule has 0 saturated heterocycles. The minimum Gasteiger partial charge on any atom is -0.494 e.